The summed E-state index contributed by atoms with van der Waals surface area (Å²) in [6.07, 6.45) is 7.24. The van der Waals surface area contributed by atoms with Gasteiger partial charge in [0, 0.05) is 31.3 Å². The number of fused-ring (bicyclic) bond motifs is 1. The van der Waals surface area contributed by atoms with Crippen LogP contribution in [0, 0.1) is 0 Å². The highest BCUT2D eigenvalue weighted by Gasteiger charge is 2.22. The lowest BCUT2D eigenvalue weighted by Crippen LogP contribution is -2.39. The molecule has 0 saturated heterocycles. The topological polar surface area (TPSA) is 114 Å². The molecular formula is C21H26N6O3. The summed E-state index contributed by atoms with van der Waals surface area (Å²) >= 11 is 0. The maximum absolute atomic E-state index is 11.2. The molecule has 0 atom stereocenters. The Morgan fingerprint density at radius 1 is 1.23 bits per heavy atom. The number of hydrogen-bond acceptors (Lipinski definition) is 7. The van der Waals surface area contributed by atoms with Gasteiger partial charge in [-0.05, 0) is 37.8 Å². The predicted octanol–water partition coefficient (Wildman–Crippen LogP) is 2.05. The molecule has 2 aromatic heterocycles. The third kappa shape index (κ3) is 4.51. The van der Waals surface area contributed by atoms with E-state index in [9.17, 15) is 4.79 Å². The average Bonchev–Trinajstić information content (AvgIpc) is 3.18. The molecule has 1 saturated carbocycles. The lowest BCUT2D eigenvalue weighted by molar-refractivity contribution is -0.119. The Bertz CT molecular complexity index is 1010. The van der Waals surface area contributed by atoms with Crippen molar-refractivity contribution in [2.24, 2.45) is 0 Å². The molecule has 0 aliphatic heterocycles. The summed E-state index contributed by atoms with van der Waals surface area (Å²) in [6, 6.07) is 8.04. The lowest BCUT2D eigenvalue weighted by atomic mass is 9.91. The molecule has 3 aromatic rings. The first-order valence-corrected chi connectivity index (χ1v) is 10.2. The highest BCUT2D eigenvalue weighted by molar-refractivity contribution is 5.86. The largest absolute Gasteiger partial charge is 0.490 e. The van der Waals surface area contributed by atoms with Crippen molar-refractivity contribution in [2.45, 2.75) is 44.7 Å². The molecule has 0 bridgehead atoms. The molecule has 0 unspecified atom stereocenters. The van der Waals surface area contributed by atoms with E-state index < -0.39 is 0 Å². The fourth-order valence-corrected chi connectivity index (χ4v) is 3.88. The first kappa shape index (κ1) is 20.1. The van der Waals surface area contributed by atoms with Gasteiger partial charge in [-0.25, -0.2) is 9.67 Å². The molecule has 2 heterocycles. The predicted molar refractivity (Wildman–Crippen MR) is 113 cm³/mol. The molecule has 3 N–H and O–H groups in total. The van der Waals surface area contributed by atoms with Crippen LogP contribution in [0.4, 0.5) is 5.95 Å². The van der Waals surface area contributed by atoms with Crippen molar-refractivity contribution < 1.29 is 14.6 Å². The molecule has 0 spiro atoms. The number of nitrogens with one attached hydrogen (secondary N) is 2. The van der Waals surface area contributed by atoms with Gasteiger partial charge in [0.05, 0.1) is 23.7 Å². The van der Waals surface area contributed by atoms with Crippen LogP contribution in [0.1, 0.15) is 32.6 Å². The van der Waals surface area contributed by atoms with Crippen molar-refractivity contribution in [1.29, 1.82) is 0 Å². The molecule has 158 valence electrons. The number of hydrogen-bond donors (Lipinski definition) is 3. The zero-order valence-electron chi connectivity index (χ0n) is 16.9. The van der Waals surface area contributed by atoms with Crippen LogP contribution < -0.4 is 15.4 Å². The number of aliphatic hydroxyl groups is 1. The molecule has 9 nitrogen and oxygen atoms in total. The number of nitrogens with zero attached hydrogens (tertiary/aromatic N) is 4. The van der Waals surface area contributed by atoms with Gasteiger partial charge >= 0.3 is 0 Å². The SMILES string of the molecule is CC(=O)N[C@H]1CC[C@H](Nc2nccc(-n3ncc4c(OCCO)cccc43)n2)CC1. The van der Waals surface area contributed by atoms with E-state index in [-0.39, 0.29) is 31.2 Å². The number of amides is 1. The Balaban J connectivity index is 1.48. The highest BCUT2D eigenvalue weighted by Crippen LogP contribution is 2.27. The molecule has 1 aliphatic carbocycles. The number of rotatable bonds is 7. The van der Waals surface area contributed by atoms with Crippen LogP contribution in [-0.2, 0) is 4.79 Å². The second-order valence-corrected chi connectivity index (χ2v) is 7.45. The van der Waals surface area contributed by atoms with E-state index in [0.29, 0.717) is 17.5 Å². The van der Waals surface area contributed by atoms with Gasteiger partial charge in [-0.15, -0.1) is 0 Å². The third-order valence-corrected chi connectivity index (χ3v) is 5.25. The molecular weight excluding hydrogens is 384 g/mol. The van der Waals surface area contributed by atoms with Gasteiger partial charge in [-0.3, -0.25) is 4.79 Å². The smallest absolute Gasteiger partial charge is 0.224 e. The first-order valence-electron chi connectivity index (χ1n) is 10.2. The van der Waals surface area contributed by atoms with E-state index in [4.69, 9.17) is 9.84 Å². The van der Waals surface area contributed by atoms with Crippen molar-refractivity contribution >= 4 is 22.8 Å². The van der Waals surface area contributed by atoms with Crippen LogP contribution in [0.5, 0.6) is 5.75 Å². The van der Waals surface area contributed by atoms with Crippen LogP contribution in [0.25, 0.3) is 16.7 Å². The van der Waals surface area contributed by atoms with Gasteiger partial charge in [0.15, 0.2) is 5.82 Å². The van der Waals surface area contributed by atoms with Crippen LogP contribution >= 0.6 is 0 Å². The van der Waals surface area contributed by atoms with Gasteiger partial charge in [-0.2, -0.15) is 10.1 Å². The molecule has 0 radical (unpaired) electrons. The summed E-state index contributed by atoms with van der Waals surface area (Å²) in [4.78, 5) is 20.2. The number of aliphatic hydroxyl groups excluding tert-OH is 1. The summed E-state index contributed by atoms with van der Waals surface area (Å²) in [5.74, 6) is 1.93. The zero-order chi connectivity index (χ0) is 20.9. The molecule has 1 amide bonds. The van der Waals surface area contributed by atoms with Crippen LogP contribution in [0.2, 0.25) is 0 Å². The summed E-state index contributed by atoms with van der Waals surface area (Å²) in [6.45, 7) is 1.75. The standard InChI is InChI=1S/C21H26N6O3/c1-14(29)24-15-5-7-16(8-6-15)25-21-22-10-9-20(26-21)27-18-3-2-4-19(30-12-11-28)17(18)13-23-27/h2-4,9-10,13,15-16,28H,5-8,11-12H2,1H3,(H,24,29)(H,22,25,26)/t15-,16-. The van der Waals surface area contributed by atoms with Crippen molar-refractivity contribution in [3.05, 3.63) is 36.7 Å². The Kier molecular flexibility index (Phi) is 6.08. The van der Waals surface area contributed by atoms with Gasteiger partial charge in [-0.1, -0.05) is 6.07 Å². The molecule has 9 heteroatoms. The minimum Gasteiger partial charge on any atom is -0.490 e. The number of benzene rings is 1. The second kappa shape index (κ2) is 9.08. The number of ether oxygens (including phenoxy) is 1. The molecule has 30 heavy (non-hydrogen) atoms. The zero-order valence-corrected chi connectivity index (χ0v) is 16.9. The van der Waals surface area contributed by atoms with Crippen molar-refractivity contribution in [2.75, 3.05) is 18.5 Å². The minimum atomic E-state index is -0.0435. The van der Waals surface area contributed by atoms with Crippen LogP contribution in [-0.4, -0.2) is 56.1 Å². The summed E-state index contributed by atoms with van der Waals surface area (Å²) < 4.78 is 7.35. The summed E-state index contributed by atoms with van der Waals surface area (Å²) in [5, 5.41) is 20.8. The second-order valence-electron chi connectivity index (χ2n) is 7.45. The van der Waals surface area contributed by atoms with Crippen molar-refractivity contribution in [3.63, 3.8) is 0 Å². The normalized spacial score (nSPS) is 18.9. The minimum absolute atomic E-state index is 0.0267. The number of carbonyl (C=O) groups is 1. The Morgan fingerprint density at radius 2 is 2.03 bits per heavy atom. The van der Waals surface area contributed by atoms with E-state index >= 15 is 0 Å². The maximum atomic E-state index is 11.2. The quantitative estimate of drug-likeness (QED) is 0.546. The first-order chi connectivity index (χ1) is 14.6. The monoisotopic (exact) mass is 410 g/mol. The average molecular weight is 410 g/mol. The van der Waals surface area contributed by atoms with E-state index in [1.54, 1.807) is 24.0 Å². The van der Waals surface area contributed by atoms with Gasteiger partial charge in [0.1, 0.15) is 12.4 Å². The molecule has 1 fully saturated rings. The number of aromatic nitrogens is 4. The van der Waals surface area contributed by atoms with Gasteiger partial charge in [0.25, 0.3) is 0 Å². The van der Waals surface area contributed by atoms with Crippen molar-refractivity contribution in [1.82, 2.24) is 25.1 Å². The summed E-state index contributed by atoms with van der Waals surface area (Å²) in [7, 11) is 0. The summed E-state index contributed by atoms with van der Waals surface area (Å²) in [5.41, 5.74) is 0.867. The maximum Gasteiger partial charge on any atom is 0.224 e. The fraction of sp³-hybridized carbons (Fsp3) is 0.429. The van der Waals surface area contributed by atoms with E-state index in [0.717, 1.165) is 36.6 Å². The van der Waals surface area contributed by atoms with Crippen LogP contribution in [0.15, 0.2) is 36.7 Å². The molecule has 1 aliphatic rings. The third-order valence-electron chi connectivity index (χ3n) is 5.25. The van der Waals surface area contributed by atoms with Crippen molar-refractivity contribution in [3.8, 4) is 11.6 Å². The van der Waals surface area contributed by atoms with Gasteiger partial charge < -0.3 is 20.5 Å². The Labute approximate surface area is 174 Å². The Morgan fingerprint density at radius 3 is 2.80 bits per heavy atom. The van der Waals surface area contributed by atoms with Crippen LogP contribution in [0.3, 0.4) is 0 Å². The van der Waals surface area contributed by atoms with E-state index in [2.05, 4.69) is 25.7 Å². The van der Waals surface area contributed by atoms with Gasteiger partial charge in [0.2, 0.25) is 11.9 Å². The number of carbonyl (C=O) groups excluding carboxylic acids is 1. The molecule has 4 rings (SSSR count). The lowest BCUT2D eigenvalue weighted by Gasteiger charge is -2.29. The fourth-order valence-electron chi connectivity index (χ4n) is 3.88. The Hall–Kier alpha value is -3.20. The number of anilines is 1. The van der Waals surface area contributed by atoms with E-state index in [1.807, 2.05) is 24.3 Å². The molecule has 1 aromatic carbocycles. The van der Waals surface area contributed by atoms with E-state index in [1.165, 1.54) is 0 Å². The highest BCUT2D eigenvalue weighted by atomic mass is 16.5.